The maximum atomic E-state index is 12.9. The van der Waals surface area contributed by atoms with Gasteiger partial charge in [-0.15, -0.1) is 11.3 Å². The van der Waals surface area contributed by atoms with Gasteiger partial charge in [-0.25, -0.2) is 13.1 Å². The number of rotatable bonds is 6. The van der Waals surface area contributed by atoms with E-state index in [1.54, 1.807) is 38.1 Å². The van der Waals surface area contributed by atoms with Crippen LogP contribution in [0.25, 0.3) is 0 Å². The van der Waals surface area contributed by atoms with Crippen molar-refractivity contribution in [2.75, 3.05) is 6.54 Å². The summed E-state index contributed by atoms with van der Waals surface area (Å²) in [7, 11) is -3.80. The first-order valence-electron chi connectivity index (χ1n) is 8.12. The molecular formula is C19H21NO4S2. The van der Waals surface area contributed by atoms with Crippen molar-refractivity contribution in [3.8, 4) is 0 Å². The Kier molecular flexibility index (Phi) is 5.07. The second-order valence-corrected chi connectivity index (χ2v) is 9.02. The fourth-order valence-electron chi connectivity index (χ4n) is 3.19. The average molecular weight is 392 g/mol. The molecule has 2 N–H and O–H groups in total. The van der Waals surface area contributed by atoms with Gasteiger partial charge in [-0.05, 0) is 55.5 Å². The van der Waals surface area contributed by atoms with Crippen LogP contribution < -0.4 is 4.72 Å². The van der Waals surface area contributed by atoms with Gasteiger partial charge >= 0.3 is 0 Å². The Morgan fingerprint density at radius 2 is 1.85 bits per heavy atom. The molecule has 0 saturated heterocycles. The fourth-order valence-corrected chi connectivity index (χ4v) is 5.52. The van der Waals surface area contributed by atoms with E-state index in [0.29, 0.717) is 21.8 Å². The number of sulfonamides is 1. The number of furan rings is 1. The third-order valence-corrected chi connectivity index (χ3v) is 6.98. The second kappa shape index (κ2) is 7.00. The van der Waals surface area contributed by atoms with Crippen LogP contribution in [0.4, 0.5) is 0 Å². The van der Waals surface area contributed by atoms with E-state index >= 15 is 0 Å². The lowest BCUT2D eigenvalue weighted by Crippen LogP contribution is -2.41. The van der Waals surface area contributed by atoms with Crippen LogP contribution in [0.5, 0.6) is 0 Å². The molecule has 0 fully saturated rings. The summed E-state index contributed by atoms with van der Waals surface area (Å²) in [5.74, 6) is 0.292. The van der Waals surface area contributed by atoms with Crippen molar-refractivity contribution in [2.24, 2.45) is 0 Å². The SMILES string of the molecule is Cc1cc(C)c(S(=O)(=O)NCC(O)(c2ccco2)c2cccs2)c(C)c1. The van der Waals surface area contributed by atoms with Crippen molar-refractivity contribution >= 4 is 21.4 Å². The minimum atomic E-state index is -3.80. The highest BCUT2D eigenvalue weighted by Gasteiger charge is 2.37. The van der Waals surface area contributed by atoms with Gasteiger partial charge in [0.15, 0.2) is 5.60 Å². The molecule has 0 amide bonds. The average Bonchev–Trinajstić information content (AvgIpc) is 3.25. The van der Waals surface area contributed by atoms with Gasteiger partial charge in [0.2, 0.25) is 10.0 Å². The number of benzene rings is 1. The summed E-state index contributed by atoms with van der Waals surface area (Å²) < 4.78 is 33.8. The number of hydrogen-bond donors (Lipinski definition) is 2. The summed E-state index contributed by atoms with van der Waals surface area (Å²) in [6.45, 7) is 5.24. The molecule has 3 rings (SSSR count). The minimum Gasteiger partial charge on any atom is -0.466 e. The van der Waals surface area contributed by atoms with Gasteiger partial charge in [-0.2, -0.15) is 0 Å². The molecule has 1 unspecified atom stereocenters. The monoisotopic (exact) mass is 391 g/mol. The molecule has 0 aliphatic heterocycles. The van der Waals surface area contributed by atoms with E-state index in [9.17, 15) is 13.5 Å². The van der Waals surface area contributed by atoms with Crippen LogP contribution in [0.2, 0.25) is 0 Å². The Hall–Kier alpha value is -1.93. The van der Waals surface area contributed by atoms with E-state index in [0.717, 1.165) is 5.56 Å². The first kappa shape index (κ1) is 18.8. The highest BCUT2D eigenvalue weighted by Crippen LogP contribution is 2.33. The van der Waals surface area contributed by atoms with Gasteiger partial charge in [0.05, 0.1) is 17.7 Å². The molecular weight excluding hydrogens is 370 g/mol. The predicted molar refractivity (Wildman–Crippen MR) is 102 cm³/mol. The molecule has 0 saturated carbocycles. The molecule has 5 nitrogen and oxygen atoms in total. The van der Waals surface area contributed by atoms with Crippen molar-refractivity contribution in [3.63, 3.8) is 0 Å². The van der Waals surface area contributed by atoms with Crippen LogP contribution in [0.1, 0.15) is 27.3 Å². The second-order valence-electron chi connectivity index (χ2n) is 6.37. The molecule has 2 aromatic heterocycles. The first-order valence-corrected chi connectivity index (χ1v) is 10.5. The van der Waals surface area contributed by atoms with Crippen molar-refractivity contribution in [1.29, 1.82) is 0 Å². The molecule has 0 radical (unpaired) electrons. The predicted octanol–water partition coefficient (Wildman–Crippen LogP) is 3.48. The zero-order chi connectivity index (χ0) is 18.9. The Morgan fingerprint density at radius 1 is 1.15 bits per heavy atom. The van der Waals surface area contributed by atoms with Crippen LogP contribution in [-0.4, -0.2) is 20.1 Å². The summed E-state index contributed by atoms with van der Waals surface area (Å²) in [6, 6.07) is 10.5. The van der Waals surface area contributed by atoms with Crippen molar-refractivity contribution in [2.45, 2.75) is 31.3 Å². The summed E-state index contributed by atoms with van der Waals surface area (Å²) >= 11 is 1.34. The topological polar surface area (TPSA) is 79.5 Å². The number of nitrogens with one attached hydrogen (secondary N) is 1. The number of hydrogen-bond acceptors (Lipinski definition) is 5. The normalized spacial score (nSPS) is 14.3. The van der Waals surface area contributed by atoms with Gasteiger partial charge in [-0.1, -0.05) is 23.8 Å². The molecule has 1 aromatic carbocycles. The van der Waals surface area contributed by atoms with Crippen LogP contribution in [0.3, 0.4) is 0 Å². The number of thiophene rings is 1. The quantitative estimate of drug-likeness (QED) is 0.674. The molecule has 3 aromatic rings. The minimum absolute atomic E-state index is 0.226. The van der Waals surface area contributed by atoms with Gasteiger partial charge in [0.25, 0.3) is 0 Å². The Labute approximate surface area is 157 Å². The van der Waals surface area contributed by atoms with E-state index in [-0.39, 0.29) is 11.4 Å². The molecule has 26 heavy (non-hydrogen) atoms. The summed E-state index contributed by atoms with van der Waals surface area (Å²) in [4.78, 5) is 0.851. The highest BCUT2D eigenvalue weighted by molar-refractivity contribution is 7.89. The molecule has 2 heterocycles. The third-order valence-electron chi connectivity index (χ3n) is 4.25. The van der Waals surface area contributed by atoms with Crippen molar-refractivity contribution < 1.29 is 17.9 Å². The van der Waals surface area contributed by atoms with Crippen LogP contribution in [-0.2, 0) is 15.6 Å². The van der Waals surface area contributed by atoms with Gasteiger partial charge in [-0.3, -0.25) is 0 Å². The third kappa shape index (κ3) is 3.48. The molecule has 0 aliphatic carbocycles. The first-order chi connectivity index (χ1) is 12.2. The lowest BCUT2D eigenvalue weighted by atomic mass is 9.99. The zero-order valence-corrected chi connectivity index (χ0v) is 16.4. The number of aliphatic hydroxyl groups is 1. The van der Waals surface area contributed by atoms with Gasteiger partial charge in [0.1, 0.15) is 5.76 Å². The standard InChI is InChI=1S/C19H21NO4S2/c1-13-10-14(2)18(15(3)11-13)26(22,23)20-12-19(21,16-6-4-8-24-16)17-7-5-9-25-17/h4-11,20-21H,12H2,1-3H3. The van der Waals surface area contributed by atoms with Gasteiger partial charge < -0.3 is 9.52 Å². The zero-order valence-electron chi connectivity index (χ0n) is 14.8. The van der Waals surface area contributed by atoms with E-state index in [2.05, 4.69) is 4.72 Å². The summed E-state index contributed by atoms with van der Waals surface area (Å²) in [6.07, 6.45) is 1.46. The van der Waals surface area contributed by atoms with Crippen LogP contribution >= 0.6 is 11.3 Å². The maximum absolute atomic E-state index is 12.9. The smallest absolute Gasteiger partial charge is 0.241 e. The Balaban J connectivity index is 1.95. The van der Waals surface area contributed by atoms with Crippen molar-refractivity contribution in [3.05, 3.63) is 75.4 Å². The largest absolute Gasteiger partial charge is 0.466 e. The molecule has 7 heteroatoms. The summed E-state index contributed by atoms with van der Waals surface area (Å²) in [5, 5.41) is 13.0. The molecule has 138 valence electrons. The van der Waals surface area contributed by atoms with E-state index in [1.807, 2.05) is 24.4 Å². The lowest BCUT2D eigenvalue weighted by Gasteiger charge is -2.25. The van der Waals surface area contributed by atoms with Crippen molar-refractivity contribution in [1.82, 2.24) is 4.72 Å². The molecule has 1 atom stereocenters. The molecule has 0 spiro atoms. The Bertz CT molecular complexity index is 933. The lowest BCUT2D eigenvalue weighted by molar-refractivity contribution is 0.0655. The van der Waals surface area contributed by atoms with E-state index in [4.69, 9.17) is 4.42 Å². The van der Waals surface area contributed by atoms with Gasteiger partial charge in [0, 0.05) is 4.88 Å². The highest BCUT2D eigenvalue weighted by atomic mass is 32.2. The van der Waals surface area contributed by atoms with E-state index < -0.39 is 15.6 Å². The van der Waals surface area contributed by atoms with Crippen LogP contribution in [0.15, 0.2) is 57.4 Å². The van der Waals surface area contributed by atoms with Crippen LogP contribution in [0, 0.1) is 20.8 Å². The molecule has 0 aliphatic rings. The summed E-state index contributed by atoms with van der Waals surface area (Å²) in [5.41, 5.74) is 0.780. The molecule has 0 bridgehead atoms. The Morgan fingerprint density at radius 3 is 2.38 bits per heavy atom. The maximum Gasteiger partial charge on any atom is 0.241 e. The fraction of sp³-hybridized carbons (Fsp3) is 0.263. The number of aryl methyl sites for hydroxylation is 3. The van der Waals surface area contributed by atoms with E-state index in [1.165, 1.54) is 17.6 Å².